The van der Waals surface area contributed by atoms with E-state index in [4.69, 9.17) is 14.2 Å². The Hall–Kier alpha value is -3.28. The molecule has 6 heterocycles. The number of nitrogens with zero attached hydrogens (tertiary/aromatic N) is 6. The Morgan fingerprint density at radius 2 is 1.88 bits per heavy atom. The summed E-state index contributed by atoms with van der Waals surface area (Å²) in [5.74, 6) is 0.500. The minimum atomic E-state index is -3.65. The zero-order chi connectivity index (χ0) is 35.0. The van der Waals surface area contributed by atoms with E-state index in [1.165, 1.54) is 35.9 Å². The molecule has 4 atom stereocenters. The second-order valence-electron chi connectivity index (χ2n) is 14.1. The number of rotatable bonds is 9. The molecule has 4 saturated heterocycles. The molecule has 13 nitrogen and oxygen atoms in total. The van der Waals surface area contributed by atoms with Gasteiger partial charge < -0.3 is 28.9 Å². The Kier molecular flexibility index (Phi) is 10.1. The zero-order valence-corrected chi connectivity index (χ0v) is 30.2. The van der Waals surface area contributed by atoms with Gasteiger partial charge in [-0.1, -0.05) is 0 Å². The lowest BCUT2D eigenvalue weighted by Crippen LogP contribution is -2.61. The highest BCUT2D eigenvalue weighted by Crippen LogP contribution is 2.45. The van der Waals surface area contributed by atoms with E-state index in [2.05, 4.69) is 29.5 Å². The molecule has 3 aromatic rings. The number of morpholine rings is 1. The van der Waals surface area contributed by atoms with Crippen molar-refractivity contribution in [3.8, 4) is 11.5 Å². The van der Waals surface area contributed by atoms with E-state index in [-0.39, 0.29) is 51.9 Å². The number of halogens is 1. The summed E-state index contributed by atoms with van der Waals surface area (Å²) in [6.07, 6.45) is 6.75. The molecule has 0 radical (unpaired) electrons. The minimum Gasteiger partial charge on any atom is -0.451 e. The summed E-state index contributed by atoms with van der Waals surface area (Å²) in [5.41, 5.74) is 0.320. The average molecular weight is 730 g/mol. The van der Waals surface area contributed by atoms with Crippen molar-refractivity contribution in [3.63, 3.8) is 0 Å². The summed E-state index contributed by atoms with van der Waals surface area (Å²) < 4.78 is 60.5. The van der Waals surface area contributed by atoms with Crippen molar-refractivity contribution < 1.29 is 31.8 Å². The second-order valence-corrected chi connectivity index (χ2v) is 16.8. The SMILES string of the molecule is Cc1nc(S(=O)(=O)N[C@@H]2CC[C@@H](CN3CCC4(CC3)CN(c3ncncc3Oc3ccc(F)cc3C(=O)N3[C@H](C)COC[C@@H]3C)C4)OC2)cs1. The fraction of sp³-hybridized carbons (Fsp3) is 0.588. The van der Waals surface area contributed by atoms with Gasteiger partial charge in [-0.15, -0.1) is 11.3 Å². The van der Waals surface area contributed by atoms with E-state index in [1.54, 1.807) is 23.4 Å². The summed E-state index contributed by atoms with van der Waals surface area (Å²) in [4.78, 5) is 32.9. The van der Waals surface area contributed by atoms with Crippen LogP contribution in [0, 0.1) is 18.2 Å². The number of aryl methyl sites for hydroxylation is 1. The van der Waals surface area contributed by atoms with Crippen molar-refractivity contribution in [2.75, 3.05) is 57.4 Å². The number of benzene rings is 1. The molecule has 1 amide bonds. The molecule has 270 valence electrons. The molecule has 4 fully saturated rings. The highest BCUT2D eigenvalue weighted by molar-refractivity contribution is 7.89. The first-order valence-electron chi connectivity index (χ1n) is 17.2. The van der Waals surface area contributed by atoms with Gasteiger partial charge in [-0.05, 0) is 77.7 Å². The van der Waals surface area contributed by atoms with Crippen LogP contribution in [0.2, 0.25) is 0 Å². The maximum absolute atomic E-state index is 14.4. The third-order valence-electron chi connectivity index (χ3n) is 10.2. The molecular weight excluding hydrogens is 686 g/mol. The van der Waals surface area contributed by atoms with Crippen molar-refractivity contribution in [1.82, 2.24) is 29.5 Å². The topological polar surface area (TPSA) is 139 Å². The Balaban J connectivity index is 0.916. The van der Waals surface area contributed by atoms with Crippen molar-refractivity contribution in [1.29, 1.82) is 0 Å². The first-order valence-corrected chi connectivity index (χ1v) is 19.6. The van der Waals surface area contributed by atoms with E-state index >= 15 is 0 Å². The van der Waals surface area contributed by atoms with Crippen LogP contribution in [0.5, 0.6) is 11.5 Å². The predicted molar refractivity (Wildman–Crippen MR) is 185 cm³/mol. The number of likely N-dealkylation sites (tertiary alicyclic amines) is 1. The van der Waals surface area contributed by atoms with Gasteiger partial charge in [0.1, 0.15) is 17.9 Å². The fourth-order valence-electron chi connectivity index (χ4n) is 7.56. The van der Waals surface area contributed by atoms with E-state index in [9.17, 15) is 17.6 Å². The molecule has 4 aliphatic rings. The number of amides is 1. The monoisotopic (exact) mass is 729 g/mol. The molecule has 50 heavy (non-hydrogen) atoms. The first kappa shape index (κ1) is 35.1. The van der Waals surface area contributed by atoms with Crippen molar-refractivity contribution in [3.05, 3.63) is 52.5 Å². The summed E-state index contributed by atoms with van der Waals surface area (Å²) >= 11 is 1.32. The second kappa shape index (κ2) is 14.4. The van der Waals surface area contributed by atoms with Gasteiger partial charge in [-0.3, -0.25) is 4.79 Å². The van der Waals surface area contributed by atoms with Crippen LogP contribution in [0.4, 0.5) is 10.2 Å². The maximum atomic E-state index is 14.4. The van der Waals surface area contributed by atoms with Gasteiger partial charge in [0.2, 0.25) is 0 Å². The van der Waals surface area contributed by atoms with E-state index in [1.807, 2.05) is 13.8 Å². The molecule has 0 bridgehead atoms. The molecule has 1 N–H and O–H groups in total. The summed E-state index contributed by atoms with van der Waals surface area (Å²) in [5, 5.41) is 2.36. The molecule has 2 aromatic heterocycles. The van der Waals surface area contributed by atoms with Gasteiger partial charge in [0.25, 0.3) is 15.9 Å². The number of nitrogens with one attached hydrogen (secondary N) is 1. The fourth-order valence-corrected chi connectivity index (χ4v) is 9.74. The average Bonchev–Trinajstić information content (AvgIpc) is 3.53. The van der Waals surface area contributed by atoms with E-state index in [0.717, 1.165) is 63.4 Å². The lowest BCUT2D eigenvalue weighted by Gasteiger charge is -2.54. The number of thiazole rings is 1. The predicted octanol–water partition coefficient (Wildman–Crippen LogP) is 3.85. The number of anilines is 1. The normalized spacial score (nSPS) is 25.8. The molecule has 16 heteroatoms. The Morgan fingerprint density at radius 3 is 2.56 bits per heavy atom. The quantitative estimate of drug-likeness (QED) is 0.344. The molecular formula is C34H44FN7O6S2. The van der Waals surface area contributed by atoms with Crippen LogP contribution in [-0.2, 0) is 19.5 Å². The Labute approximate surface area is 296 Å². The smallest absolute Gasteiger partial charge is 0.259 e. The number of carbonyl (C=O) groups excluding carboxylic acids is 1. The zero-order valence-electron chi connectivity index (χ0n) is 28.6. The summed E-state index contributed by atoms with van der Waals surface area (Å²) in [6.45, 7) is 11.2. The van der Waals surface area contributed by atoms with Crippen LogP contribution in [0.25, 0.3) is 0 Å². The third kappa shape index (κ3) is 7.51. The molecule has 0 unspecified atom stereocenters. The highest BCUT2D eigenvalue weighted by atomic mass is 32.2. The largest absolute Gasteiger partial charge is 0.451 e. The lowest BCUT2D eigenvalue weighted by molar-refractivity contribution is -0.0299. The molecule has 1 aromatic carbocycles. The van der Waals surface area contributed by atoms with Crippen LogP contribution >= 0.6 is 11.3 Å². The number of sulfonamides is 1. The molecule has 0 saturated carbocycles. The van der Waals surface area contributed by atoms with Crippen molar-refractivity contribution >= 4 is 33.1 Å². The van der Waals surface area contributed by atoms with Gasteiger partial charge in [-0.25, -0.2) is 32.5 Å². The number of ether oxygens (including phenoxy) is 3. The molecule has 0 aliphatic carbocycles. The van der Waals surface area contributed by atoms with Crippen LogP contribution < -0.4 is 14.4 Å². The van der Waals surface area contributed by atoms with Gasteiger partial charge in [0.15, 0.2) is 16.6 Å². The van der Waals surface area contributed by atoms with Crippen molar-refractivity contribution in [2.45, 2.75) is 75.7 Å². The minimum absolute atomic E-state index is 0.0721. The number of aromatic nitrogens is 3. The van der Waals surface area contributed by atoms with Gasteiger partial charge in [0, 0.05) is 36.5 Å². The molecule has 4 aliphatic heterocycles. The number of piperidine rings is 1. The number of carbonyl (C=O) groups is 1. The van der Waals surface area contributed by atoms with Gasteiger partial charge in [-0.2, -0.15) is 0 Å². The third-order valence-corrected chi connectivity index (χ3v) is 12.6. The van der Waals surface area contributed by atoms with Crippen LogP contribution in [0.3, 0.4) is 0 Å². The number of hydrogen-bond acceptors (Lipinski definition) is 12. The van der Waals surface area contributed by atoms with Crippen LogP contribution in [0.15, 0.2) is 41.1 Å². The van der Waals surface area contributed by atoms with Crippen LogP contribution in [-0.4, -0.2) is 116 Å². The lowest BCUT2D eigenvalue weighted by atomic mass is 9.72. The van der Waals surface area contributed by atoms with Gasteiger partial charge >= 0.3 is 0 Å². The van der Waals surface area contributed by atoms with Crippen LogP contribution in [0.1, 0.15) is 54.9 Å². The van der Waals surface area contributed by atoms with Crippen molar-refractivity contribution in [2.24, 2.45) is 5.41 Å². The first-order chi connectivity index (χ1) is 24.0. The van der Waals surface area contributed by atoms with Gasteiger partial charge in [0.05, 0.1) is 54.8 Å². The standard InChI is InChI=1S/C34H44FN7O6S2/c1-22-15-46-16-23(2)42(22)33(43)28-12-25(35)4-7-29(28)48-30-13-36-21-37-32(30)41-19-34(20-41)8-10-40(11-9-34)14-27-6-5-26(17-47-27)39-50(44,45)31-18-49-24(3)38-31/h4,7,12-13,18,21-23,26-27,39H,5-6,8-11,14-17,19-20H2,1-3H3/t22-,23+,26-,27+/m1/s1. The molecule has 1 spiro atoms. The molecule has 7 rings (SSSR count). The summed E-state index contributed by atoms with van der Waals surface area (Å²) in [7, 11) is -3.65. The van der Waals surface area contributed by atoms with E-state index in [0.29, 0.717) is 31.4 Å². The maximum Gasteiger partial charge on any atom is 0.259 e. The van der Waals surface area contributed by atoms with E-state index < -0.39 is 15.8 Å². The highest BCUT2D eigenvalue weighted by Gasteiger charge is 2.46. The summed E-state index contributed by atoms with van der Waals surface area (Å²) in [6, 6.07) is 3.43. The Bertz CT molecular complexity index is 1780. The Morgan fingerprint density at radius 1 is 1.12 bits per heavy atom. The number of hydrogen-bond donors (Lipinski definition) is 1.